The van der Waals surface area contributed by atoms with Crippen LogP contribution >= 0.6 is 0 Å². The number of morpholine rings is 1. The number of nitrogens with one attached hydrogen (secondary N) is 2. The first-order valence-electron chi connectivity index (χ1n) is 9.29. The van der Waals surface area contributed by atoms with Crippen LogP contribution in [0.15, 0.2) is 17.4 Å². The number of carbonyl (C=O) groups is 1. The summed E-state index contributed by atoms with van der Waals surface area (Å²) in [6.07, 6.45) is 3.80. The third-order valence-electron chi connectivity index (χ3n) is 4.37. The van der Waals surface area contributed by atoms with Crippen LogP contribution < -0.4 is 10.6 Å². The maximum absolute atomic E-state index is 12.2. The van der Waals surface area contributed by atoms with Crippen molar-refractivity contribution in [2.75, 3.05) is 39.3 Å². The number of nitrogens with zero attached hydrogens (tertiary/aromatic N) is 4. The van der Waals surface area contributed by atoms with Crippen LogP contribution in [-0.2, 0) is 16.6 Å². The number of ether oxygens (including phenoxy) is 1. The van der Waals surface area contributed by atoms with Gasteiger partial charge in [0.05, 0.1) is 31.3 Å². The lowest BCUT2D eigenvalue weighted by atomic mass is 9.92. The largest absolute Gasteiger partial charge is 0.370 e. The molecule has 0 radical (unpaired) electrons. The molecule has 1 amide bonds. The van der Waals surface area contributed by atoms with Crippen molar-refractivity contribution in [3.63, 3.8) is 0 Å². The lowest BCUT2D eigenvalue weighted by molar-refractivity contribution is -0.128. The summed E-state index contributed by atoms with van der Waals surface area (Å²) < 4.78 is 7.69. The summed E-state index contributed by atoms with van der Waals surface area (Å²) in [6.45, 7) is 11.7. The summed E-state index contributed by atoms with van der Waals surface area (Å²) in [5.74, 6) is 0.844. The zero-order chi connectivity index (χ0) is 19.2. The molecule has 2 heterocycles. The molecule has 1 aliphatic heterocycles. The van der Waals surface area contributed by atoms with Gasteiger partial charge in [-0.15, -0.1) is 0 Å². The van der Waals surface area contributed by atoms with E-state index in [4.69, 9.17) is 9.73 Å². The Morgan fingerprint density at radius 3 is 2.73 bits per heavy atom. The Bertz CT molecular complexity index is 625. The van der Waals surface area contributed by atoms with Crippen LogP contribution in [-0.4, -0.2) is 65.9 Å². The zero-order valence-corrected chi connectivity index (χ0v) is 16.6. The molecule has 1 fully saturated rings. The maximum Gasteiger partial charge on any atom is 0.227 e. The number of aromatic nitrogens is 2. The molecule has 8 heteroatoms. The second-order valence-electron chi connectivity index (χ2n) is 7.17. The lowest BCUT2D eigenvalue weighted by Crippen LogP contribution is -2.49. The molecule has 0 aliphatic carbocycles. The van der Waals surface area contributed by atoms with Gasteiger partial charge in [-0.3, -0.25) is 14.5 Å². The van der Waals surface area contributed by atoms with Gasteiger partial charge in [0.1, 0.15) is 6.10 Å². The van der Waals surface area contributed by atoms with E-state index in [0.29, 0.717) is 26.2 Å². The van der Waals surface area contributed by atoms with Crippen molar-refractivity contribution in [2.45, 2.75) is 33.8 Å². The van der Waals surface area contributed by atoms with E-state index in [-0.39, 0.29) is 12.0 Å². The van der Waals surface area contributed by atoms with Crippen molar-refractivity contribution in [2.24, 2.45) is 17.5 Å². The van der Waals surface area contributed by atoms with Crippen molar-refractivity contribution in [1.82, 2.24) is 25.3 Å². The lowest BCUT2D eigenvalue weighted by Gasteiger charge is -2.35. The molecule has 1 aliphatic rings. The second kappa shape index (κ2) is 9.02. The van der Waals surface area contributed by atoms with Gasteiger partial charge in [-0.25, -0.2) is 0 Å². The molecular weight excluding hydrogens is 332 g/mol. The van der Waals surface area contributed by atoms with Crippen molar-refractivity contribution >= 4 is 11.9 Å². The number of aryl methyl sites for hydroxylation is 1. The van der Waals surface area contributed by atoms with Crippen molar-refractivity contribution in [3.05, 3.63) is 18.0 Å². The molecule has 1 unspecified atom stereocenters. The second-order valence-corrected chi connectivity index (χ2v) is 7.17. The van der Waals surface area contributed by atoms with Crippen LogP contribution in [0.3, 0.4) is 0 Å². The monoisotopic (exact) mass is 364 g/mol. The standard InChI is InChI=1S/C18H32N6O2/c1-6-19-16(25)18(3,4)13-21-17(20-7-2)24-8-9-26-15(12-24)14-10-22-23(5)11-14/h10-11,15H,6-9,12-13H2,1-5H3,(H,19,25)(H,20,21). The molecule has 1 aromatic heterocycles. The Morgan fingerprint density at radius 1 is 1.38 bits per heavy atom. The number of amides is 1. The Balaban J connectivity index is 2.08. The molecule has 1 atom stereocenters. The Hall–Kier alpha value is -2.09. The van der Waals surface area contributed by atoms with Crippen LogP contribution in [0.5, 0.6) is 0 Å². The minimum absolute atomic E-state index is 0.0230. The molecule has 0 saturated carbocycles. The number of rotatable bonds is 6. The summed E-state index contributed by atoms with van der Waals surface area (Å²) in [5, 5.41) is 10.5. The summed E-state index contributed by atoms with van der Waals surface area (Å²) in [5.41, 5.74) is 0.516. The quantitative estimate of drug-likeness (QED) is 0.579. The van der Waals surface area contributed by atoms with E-state index in [1.165, 1.54) is 0 Å². The molecule has 26 heavy (non-hydrogen) atoms. The number of guanidine groups is 1. The van der Waals surface area contributed by atoms with Gasteiger partial charge < -0.3 is 20.3 Å². The molecule has 2 rings (SSSR count). The number of carbonyl (C=O) groups excluding carboxylic acids is 1. The van der Waals surface area contributed by atoms with E-state index in [1.807, 2.05) is 47.1 Å². The first-order valence-corrected chi connectivity index (χ1v) is 9.29. The van der Waals surface area contributed by atoms with Crippen molar-refractivity contribution < 1.29 is 9.53 Å². The van der Waals surface area contributed by atoms with Gasteiger partial charge in [0.15, 0.2) is 5.96 Å². The minimum Gasteiger partial charge on any atom is -0.370 e. The Labute approximate surface area is 156 Å². The van der Waals surface area contributed by atoms with Crippen LogP contribution in [0.4, 0.5) is 0 Å². The molecule has 0 bridgehead atoms. The number of aliphatic imine (C=N–C) groups is 1. The highest BCUT2D eigenvalue weighted by atomic mass is 16.5. The smallest absolute Gasteiger partial charge is 0.227 e. The molecule has 1 saturated heterocycles. The van der Waals surface area contributed by atoms with Gasteiger partial charge in [0.2, 0.25) is 5.91 Å². The molecule has 0 aromatic carbocycles. The number of hydrogen-bond donors (Lipinski definition) is 2. The third-order valence-corrected chi connectivity index (χ3v) is 4.37. The van der Waals surface area contributed by atoms with E-state index in [1.54, 1.807) is 4.68 Å². The van der Waals surface area contributed by atoms with Gasteiger partial charge in [-0.2, -0.15) is 5.10 Å². The van der Waals surface area contributed by atoms with E-state index in [9.17, 15) is 4.79 Å². The fourth-order valence-corrected chi connectivity index (χ4v) is 2.82. The van der Waals surface area contributed by atoms with Crippen LogP contribution in [0.2, 0.25) is 0 Å². The molecule has 8 nitrogen and oxygen atoms in total. The average molecular weight is 364 g/mol. The topological polar surface area (TPSA) is 83.8 Å². The van der Waals surface area contributed by atoms with Crippen LogP contribution in [0.25, 0.3) is 0 Å². The summed E-state index contributed by atoms with van der Waals surface area (Å²) >= 11 is 0. The molecule has 0 spiro atoms. The molecule has 2 N–H and O–H groups in total. The van der Waals surface area contributed by atoms with E-state index < -0.39 is 5.41 Å². The fraction of sp³-hybridized carbons (Fsp3) is 0.722. The Kier molecular flexibility index (Phi) is 7.02. The zero-order valence-electron chi connectivity index (χ0n) is 16.6. The normalized spacial score (nSPS) is 18.7. The summed E-state index contributed by atoms with van der Waals surface area (Å²) in [4.78, 5) is 19.1. The van der Waals surface area contributed by atoms with E-state index >= 15 is 0 Å². The van der Waals surface area contributed by atoms with E-state index in [0.717, 1.165) is 24.6 Å². The summed E-state index contributed by atoms with van der Waals surface area (Å²) in [6, 6.07) is 0. The van der Waals surface area contributed by atoms with Gasteiger partial charge in [0.25, 0.3) is 0 Å². The number of hydrogen-bond acceptors (Lipinski definition) is 4. The first kappa shape index (κ1) is 20.2. The van der Waals surface area contributed by atoms with Crippen molar-refractivity contribution in [3.8, 4) is 0 Å². The predicted molar refractivity (Wildman–Crippen MR) is 102 cm³/mol. The minimum atomic E-state index is -0.550. The highest BCUT2D eigenvalue weighted by molar-refractivity contribution is 5.83. The highest BCUT2D eigenvalue weighted by Gasteiger charge is 2.29. The van der Waals surface area contributed by atoms with Crippen LogP contribution in [0, 0.1) is 5.41 Å². The highest BCUT2D eigenvalue weighted by Crippen LogP contribution is 2.22. The van der Waals surface area contributed by atoms with Crippen LogP contribution in [0.1, 0.15) is 39.4 Å². The molecule has 146 valence electrons. The molecular formula is C18H32N6O2. The van der Waals surface area contributed by atoms with Crippen molar-refractivity contribution in [1.29, 1.82) is 0 Å². The Morgan fingerprint density at radius 2 is 2.12 bits per heavy atom. The average Bonchev–Trinajstić information content (AvgIpc) is 3.05. The predicted octanol–water partition coefficient (Wildman–Crippen LogP) is 0.921. The SMILES string of the molecule is CCNC(=O)C(C)(C)CN=C(NCC)N1CCOC(c2cnn(C)c2)C1. The van der Waals surface area contributed by atoms with Gasteiger partial charge >= 0.3 is 0 Å². The maximum atomic E-state index is 12.2. The molecule has 1 aromatic rings. The third kappa shape index (κ3) is 5.20. The van der Waals surface area contributed by atoms with Gasteiger partial charge in [-0.05, 0) is 27.7 Å². The van der Waals surface area contributed by atoms with E-state index in [2.05, 4.69) is 20.6 Å². The first-order chi connectivity index (χ1) is 12.4. The fourth-order valence-electron chi connectivity index (χ4n) is 2.82. The van der Waals surface area contributed by atoms with Gasteiger partial charge in [0, 0.05) is 38.4 Å². The van der Waals surface area contributed by atoms with Gasteiger partial charge in [-0.1, -0.05) is 0 Å². The summed E-state index contributed by atoms with van der Waals surface area (Å²) in [7, 11) is 1.90.